The minimum absolute atomic E-state index is 0.132. The van der Waals surface area contributed by atoms with Crippen LogP contribution in [0.5, 0.6) is 0 Å². The molecule has 0 heterocycles. The van der Waals surface area contributed by atoms with E-state index in [1.54, 1.807) is 0 Å². The van der Waals surface area contributed by atoms with Crippen molar-refractivity contribution in [2.75, 3.05) is 12.4 Å². The molecule has 0 N–H and O–H groups in total. The Morgan fingerprint density at radius 1 is 0.952 bits per heavy atom. The first-order chi connectivity index (χ1) is 10.0. The molecule has 3 nitrogen and oxygen atoms in total. The average molecular weight is 325 g/mol. The standard InChI is InChI=1S/C16H17ClO3S/c17-21(18,19)13-16(15-9-5-2-6-10-15)12-20-11-14-7-3-1-4-8-14/h1-10,16H,11-13H2. The molecule has 0 aliphatic carbocycles. The Hall–Kier alpha value is -1.36. The molecule has 0 aromatic heterocycles. The molecule has 0 spiro atoms. The summed E-state index contributed by atoms with van der Waals surface area (Å²) in [4.78, 5) is 0. The minimum atomic E-state index is -3.57. The molecule has 0 fully saturated rings. The van der Waals surface area contributed by atoms with Gasteiger partial charge in [-0.2, -0.15) is 0 Å². The lowest BCUT2D eigenvalue weighted by atomic mass is 10.0. The van der Waals surface area contributed by atoms with E-state index in [1.165, 1.54) is 0 Å². The molecule has 0 bridgehead atoms. The first kappa shape index (κ1) is 16.0. The lowest BCUT2D eigenvalue weighted by Gasteiger charge is -2.16. The fourth-order valence-electron chi connectivity index (χ4n) is 2.10. The molecule has 1 unspecified atom stereocenters. The molecule has 21 heavy (non-hydrogen) atoms. The van der Waals surface area contributed by atoms with Crippen molar-refractivity contribution in [2.45, 2.75) is 12.5 Å². The van der Waals surface area contributed by atoms with Gasteiger partial charge < -0.3 is 4.74 Å². The molecule has 0 saturated carbocycles. The van der Waals surface area contributed by atoms with Crippen LogP contribution < -0.4 is 0 Å². The Bertz CT molecular complexity index is 642. The van der Waals surface area contributed by atoms with Crippen molar-refractivity contribution in [3.05, 3.63) is 71.8 Å². The van der Waals surface area contributed by atoms with Crippen LogP contribution in [0, 0.1) is 0 Å². The molecule has 5 heteroatoms. The van der Waals surface area contributed by atoms with E-state index in [9.17, 15) is 8.42 Å². The van der Waals surface area contributed by atoms with Gasteiger partial charge in [-0.1, -0.05) is 60.7 Å². The third-order valence-corrected chi connectivity index (χ3v) is 4.28. The van der Waals surface area contributed by atoms with Crippen LogP contribution in [0.1, 0.15) is 17.0 Å². The summed E-state index contributed by atoms with van der Waals surface area (Å²) in [5, 5.41) is 0. The first-order valence-corrected chi connectivity index (χ1v) is 9.11. The van der Waals surface area contributed by atoms with Gasteiger partial charge in [0, 0.05) is 16.6 Å². The quantitative estimate of drug-likeness (QED) is 0.731. The van der Waals surface area contributed by atoms with E-state index in [0.717, 1.165) is 11.1 Å². The highest BCUT2D eigenvalue weighted by molar-refractivity contribution is 8.13. The van der Waals surface area contributed by atoms with Gasteiger partial charge in [0.15, 0.2) is 0 Å². The van der Waals surface area contributed by atoms with Crippen molar-refractivity contribution in [1.29, 1.82) is 0 Å². The van der Waals surface area contributed by atoms with Gasteiger partial charge in [-0.15, -0.1) is 0 Å². The summed E-state index contributed by atoms with van der Waals surface area (Å²) in [5.74, 6) is -0.398. The second-order valence-corrected chi connectivity index (χ2v) is 7.64. The van der Waals surface area contributed by atoms with Gasteiger partial charge in [0.25, 0.3) is 0 Å². The Balaban J connectivity index is 2.00. The Kier molecular flexibility index (Phi) is 5.79. The van der Waals surface area contributed by atoms with Crippen molar-refractivity contribution < 1.29 is 13.2 Å². The summed E-state index contributed by atoms with van der Waals surface area (Å²) in [6.07, 6.45) is 0. The molecule has 2 rings (SSSR count). The van der Waals surface area contributed by atoms with Crippen molar-refractivity contribution >= 4 is 19.7 Å². The third-order valence-electron chi connectivity index (χ3n) is 3.10. The highest BCUT2D eigenvalue weighted by Gasteiger charge is 2.19. The van der Waals surface area contributed by atoms with Crippen LogP contribution in [0.15, 0.2) is 60.7 Å². The summed E-state index contributed by atoms with van der Waals surface area (Å²) in [7, 11) is 1.82. The van der Waals surface area contributed by atoms with E-state index in [-0.39, 0.29) is 11.7 Å². The normalized spacial score (nSPS) is 13.0. The zero-order chi connectivity index (χ0) is 15.1. The fraction of sp³-hybridized carbons (Fsp3) is 0.250. The van der Waals surface area contributed by atoms with Crippen LogP contribution in [0.3, 0.4) is 0 Å². The molecular formula is C16H17ClO3S. The number of rotatable bonds is 7. The van der Waals surface area contributed by atoms with E-state index < -0.39 is 9.05 Å². The summed E-state index contributed by atoms with van der Waals surface area (Å²) in [5.41, 5.74) is 1.97. The van der Waals surface area contributed by atoms with Crippen LogP contribution in [0.2, 0.25) is 0 Å². The maximum Gasteiger partial charge on any atom is 0.233 e. The topological polar surface area (TPSA) is 43.4 Å². The molecule has 0 radical (unpaired) electrons. The number of halogens is 1. The summed E-state index contributed by atoms with van der Waals surface area (Å²) >= 11 is 0. The van der Waals surface area contributed by atoms with E-state index in [2.05, 4.69) is 0 Å². The van der Waals surface area contributed by atoms with Crippen molar-refractivity contribution in [3.63, 3.8) is 0 Å². The number of ether oxygens (including phenoxy) is 1. The third kappa shape index (κ3) is 5.87. The van der Waals surface area contributed by atoms with Gasteiger partial charge in [0.05, 0.1) is 19.0 Å². The maximum atomic E-state index is 11.4. The Labute approximate surface area is 129 Å². The van der Waals surface area contributed by atoms with Gasteiger partial charge in [-0.25, -0.2) is 8.42 Å². The van der Waals surface area contributed by atoms with Crippen molar-refractivity contribution in [3.8, 4) is 0 Å². The van der Waals surface area contributed by atoms with Crippen LogP contribution in [0.4, 0.5) is 0 Å². The molecule has 112 valence electrons. The lowest BCUT2D eigenvalue weighted by Crippen LogP contribution is -2.16. The smallest absolute Gasteiger partial charge is 0.233 e. The molecular weight excluding hydrogens is 308 g/mol. The SMILES string of the molecule is O=S(=O)(Cl)CC(COCc1ccccc1)c1ccccc1. The molecule has 1 atom stereocenters. The van der Waals surface area contributed by atoms with E-state index in [4.69, 9.17) is 15.4 Å². The molecule has 0 aliphatic heterocycles. The molecule has 2 aromatic carbocycles. The average Bonchev–Trinajstić information content (AvgIpc) is 2.47. The number of hydrogen-bond acceptors (Lipinski definition) is 3. The first-order valence-electron chi connectivity index (χ1n) is 6.63. The lowest BCUT2D eigenvalue weighted by molar-refractivity contribution is 0.111. The summed E-state index contributed by atoms with van der Waals surface area (Å²) < 4.78 is 28.4. The van der Waals surface area contributed by atoms with E-state index in [0.29, 0.717) is 13.2 Å². The second-order valence-electron chi connectivity index (χ2n) is 4.81. The van der Waals surface area contributed by atoms with Gasteiger partial charge in [0.1, 0.15) is 0 Å². The molecule has 0 saturated heterocycles. The predicted octanol–water partition coefficient (Wildman–Crippen LogP) is 3.56. The van der Waals surface area contributed by atoms with E-state index >= 15 is 0 Å². The molecule has 2 aromatic rings. The number of benzene rings is 2. The highest BCUT2D eigenvalue weighted by Crippen LogP contribution is 2.20. The van der Waals surface area contributed by atoms with Gasteiger partial charge in [0.2, 0.25) is 9.05 Å². The van der Waals surface area contributed by atoms with Crippen LogP contribution in [-0.4, -0.2) is 20.8 Å². The number of hydrogen-bond donors (Lipinski definition) is 0. The van der Waals surface area contributed by atoms with Crippen molar-refractivity contribution in [2.24, 2.45) is 0 Å². The largest absolute Gasteiger partial charge is 0.376 e. The molecule has 0 amide bonds. The predicted molar refractivity (Wildman–Crippen MR) is 84.9 cm³/mol. The van der Waals surface area contributed by atoms with Gasteiger partial charge >= 0.3 is 0 Å². The van der Waals surface area contributed by atoms with Gasteiger partial charge in [-0.05, 0) is 11.1 Å². The summed E-state index contributed by atoms with van der Waals surface area (Å²) in [6.45, 7) is 0.761. The van der Waals surface area contributed by atoms with Crippen molar-refractivity contribution in [1.82, 2.24) is 0 Å². The minimum Gasteiger partial charge on any atom is -0.376 e. The summed E-state index contributed by atoms with van der Waals surface area (Å²) in [6, 6.07) is 19.2. The fourth-order valence-corrected chi connectivity index (χ4v) is 3.32. The van der Waals surface area contributed by atoms with Crippen LogP contribution in [0.25, 0.3) is 0 Å². The highest BCUT2D eigenvalue weighted by atomic mass is 35.7. The zero-order valence-corrected chi connectivity index (χ0v) is 13.1. The maximum absolute atomic E-state index is 11.4. The molecule has 0 aliphatic rings. The van der Waals surface area contributed by atoms with E-state index in [1.807, 2.05) is 60.7 Å². The monoisotopic (exact) mass is 324 g/mol. The Morgan fingerprint density at radius 2 is 1.52 bits per heavy atom. The zero-order valence-electron chi connectivity index (χ0n) is 11.5. The van der Waals surface area contributed by atoms with Crippen LogP contribution in [-0.2, 0) is 20.4 Å². The van der Waals surface area contributed by atoms with Gasteiger partial charge in [-0.3, -0.25) is 0 Å². The van der Waals surface area contributed by atoms with Crippen LogP contribution >= 0.6 is 10.7 Å². The Morgan fingerprint density at radius 3 is 2.10 bits per heavy atom. The second kappa shape index (κ2) is 7.59.